The predicted octanol–water partition coefficient (Wildman–Crippen LogP) is 2.45. The van der Waals surface area contributed by atoms with Gasteiger partial charge in [0.25, 0.3) is 5.91 Å². The van der Waals surface area contributed by atoms with Crippen molar-refractivity contribution in [2.45, 2.75) is 38.5 Å². The summed E-state index contributed by atoms with van der Waals surface area (Å²) in [6.07, 6.45) is 2.69. The smallest absolute Gasteiger partial charge is 0.327 e. The van der Waals surface area contributed by atoms with Crippen molar-refractivity contribution in [1.82, 2.24) is 19.8 Å². The fourth-order valence-electron chi connectivity index (χ4n) is 4.42. The van der Waals surface area contributed by atoms with Gasteiger partial charge in [0, 0.05) is 39.4 Å². The number of urea groups is 1. The lowest BCUT2D eigenvalue weighted by Crippen LogP contribution is -2.56. The van der Waals surface area contributed by atoms with Gasteiger partial charge in [0.2, 0.25) is 0 Å². The number of aromatic nitrogens is 2. The van der Waals surface area contributed by atoms with Gasteiger partial charge in [0.15, 0.2) is 0 Å². The molecule has 4 rings (SSSR count). The van der Waals surface area contributed by atoms with E-state index in [1.807, 2.05) is 43.3 Å². The molecule has 8 heteroatoms. The lowest BCUT2D eigenvalue weighted by molar-refractivity contribution is -0.134. The quantitative estimate of drug-likeness (QED) is 0.682. The number of carbonyl (C=O) groups excluding carboxylic acids is 2. The van der Waals surface area contributed by atoms with Gasteiger partial charge in [-0.1, -0.05) is 30.3 Å². The molecule has 2 aliphatic heterocycles. The summed E-state index contributed by atoms with van der Waals surface area (Å²) >= 11 is 0. The fourth-order valence-corrected chi connectivity index (χ4v) is 4.42. The number of likely N-dealkylation sites (N-methyl/N-ethyl adjacent to an activating group) is 1. The van der Waals surface area contributed by atoms with Gasteiger partial charge in [0.1, 0.15) is 17.7 Å². The first-order valence-corrected chi connectivity index (χ1v) is 10.3. The highest BCUT2D eigenvalue weighted by Gasteiger charge is 2.57. The molecule has 1 aromatic carbocycles. The summed E-state index contributed by atoms with van der Waals surface area (Å²) in [5.41, 5.74) is 1.05. The van der Waals surface area contributed by atoms with E-state index in [9.17, 15) is 9.59 Å². The predicted molar refractivity (Wildman–Crippen MR) is 112 cm³/mol. The average molecular weight is 409 g/mol. The van der Waals surface area contributed by atoms with E-state index in [1.54, 1.807) is 18.3 Å². The molecule has 0 saturated carbocycles. The average Bonchev–Trinajstić information content (AvgIpc) is 2.96. The number of anilines is 1. The standard InChI is InChI=1S/C22H27N5O3/c1-3-26-20(28)22(27(21(26)29)14-17-7-5-4-6-8-17)9-11-25(12-10-22)19-13-18(15-30-2)23-16-24-19/h4-8,13,16H,3,9-12,14-15H2,1-2H3. The van der Waals surface area contributed by atoms with Gasteiger partial charge in [-0.2, -0.15) is 0 Å². The summed E-state index contributed by atoms with van der Waals surface area (Å²) in [7, 11) is 1.63. The third kappa shape index (κ3) is 3.52. The number of nitrogens with zero attached hydrogens (tertiary/aromatic N) is 5. The Morgan fingerprint density at radius 3 is 2.50 bits per heavy atom. The second kappa shape index (κ2) is 8.39. The molecule has 0 bridgehead atoms. The van der Waals surface area contributed by atoms with Crippen LogP contribution in [-0.4, -0.2) is 64.0 Å². The summed E-state index contributed by atoms with van der Waals surface area (Å²) in [6, 6.07) is 11.6. The molecule has 3 amide bonds. The molecule has 0 unspecified atom stereocenters. The Morgan fingerprint density at radius 1 is 1.10 bits per heavy atom. The zero-order valence-electron chi connectivity index (χ0n) is 17.5. The third-order valence-electron chi connectivity index (χ3n) is 6.04. The van der Waals surface area contributed by atoms with Crippen molar-refractivity contribution in [3.63, 3.8) is 0 Å². The molecule has 30 heavy (non-hydrogen) atoms. The van der Waals surface area contributed by atoms with E-state index in [-0.39, 0.29) is 11.9 Å². The molecular weight excluding hydrogens is 382 g/mol. The van der Waals surface area contributed by atoms with Gasteiger partial charge in [0.05, 0.1) is 12.3 Å². The number of rotatable bonds is 6. The Balaban J connectivity index is 1.56. The number of ether oxygens (including phenoxy) is 1. The largest absolute Gasteiger partial charge is 0.378 e. The first-order chi connectivity index (χ1) is 14.6. The molecule has 0 aliphatic carbocycles. The molecule has 0 atom stereocenters. The molecule has 0 N–H and O–H groups in total. The summed E-state index contributed by atoms with van der Waals surface area (Å²) < 4.78 is 5.16. The van der Waals surface area contributed by atoms with Crippen LogP contribution in [0.5, 0.6) is 0 Å². The molecule has 0 radical (unpaired) electrons. The maximum atomic E-state index is 13.3. The first-order valence-electron chi connectivity index (χ1n) is 10.3. The number of hydrogen-bond acceptors (Lipinski definition) is 6. The Hall–Kier alpha value is -3.00. The van der Waals surface area contributed by atoms with Crippen LogP contribution in [0, 0.1) is 0 Å². The first kappa shape index (κ1) is 20.3. The Bertz CT molecular complexity index is 912. The summed E-state index contributed by atoms with van der Waals surface area (Å²) in [5, 5.41) is 0. The summed E-state index contributed by atoms with van der Waals surface area (Å²) in [6.45, 7) is 4.39. The van der Waals surface area contributed by atoms with E-state index in [0.717, 1.165) is 17.1 Å². The molecule has 2 aromatic rings. The maximum absolute atomic E-state index is 13.3. The number of carbonyl (C=O) groups is 2. The number of methoxy groups -OCH3 is 1. The number of benzene rings is 1. The maximum Gasteiger partial charge on any atom is 0.327 e. The van der Waals surface area contributed by atoms with Crippen LogP contribution in [0.1, 0.15) is 31.0 Å². The number of piperidine rings is 1. The van der Waals surface area contributed by atoms with Gasteiger partial charge < -0.3 is 14.5 Å². The van der Waals surface area contributed by atoms with Crippen molar-refractivity contribution in [2.24, 2.45) is 0 Å². The van der Waals surface area contributed by atoms with Crippen LogP contribution >= 0.6 is 0 Å². The number of hydrogen-bond donors (Lipinski definition) is 0. The zero-order chi connectivity index (χ0) is 21.1. The highest BCUT2D eigenvalue weighted by Crippen LogP contribution is 2.39. The topological polar surface area (TPSA) is 78.9 Å². The van der Waals surface area contributed by atoms with Crippen LogP contribution in [0.15, 0.2) is 42.7 Å². The van der Waals surface area contributed by atoms with Crippen LogP contribution in [0.25, 0.3) is 0 Å². The monoisotopic (exact) mass is 409 g/mol. The highest BCUT2D eigenvalue weighted by atomic mass is 16.5. The van der Waals surface area contributed by atoms with Gasteiger partial charge in [-0.05, 0) is 25.3 Å². The van der Waals surface area contributed by atoms with Crippen LogP contribution in [0.2, 0.25) is 0 Å². The highest BCUT2D eigenvalue weighted by molar-refractivity contribution is 6.07. The van der Waals surface area contributed by atoms with Crippen molar-refractivity contribution in [2.75, 3.05) is 31.6 Å². The van der Waals surface area contributed by atoms with E-state index in [2.05, 4.69) is 14.9 Å². The second-order valence-corrected chi connectivity index (χ2v) is 7.72. The zero-order valence-corrected chi connectivity index (χ0v) is 17.5. The fraction of sp³-hybridized carbons (Fsp3) is 0.455. The number of imide groups is 1. The third-order valence-corrected chi connectivity index (χ3v) is 6.04. The molecule has 1 aromatic heterocycles. The van der Waals surface area contributed by atoms with E-state index in [0.29, 0.717) is 45.6 Å². The SMILES string of the molecule is CCN1C(=O)N(Cc2ccccc2)C2(CCN(c3cc(COC)ncn3)CC2)C1=O. The van der Waals surface area contributed by atoms with Crippen molar-refractivity contribution in [1.29, 1.82) is 0 Å². The van der Waals surface area contributed by atoms with Crippen LogP contribution in [0.3, 0.4) is 0 Å². The summed E-state index contributed by atoms with van der Waals surface area (Å²) in [5.74, 6) is 0.749. The Morgan fingerprint density at radius 2 is 1.83 bits per heavy atom. The Kier molecular flexibility index (Phi) is 5.67. The molecule has 3 heterocycles. The molecule has 2 saturated heterocycles. The van der Waals surface area contributed by atoms with Crippen molar-refractivity contribution in [3.05, 3.63) is 54.0 Å². The van der Waals surface area contributed by atoms with Gasteiger partial charge in [-0.15, -0.1) is 0 Å². The van der Waals surface area contributed by atoms with Gasteiger partial charge in [-0.25, -0.2) is 14.8 Å². The minimum atomic E-state index is -0.790. The van der Waals surface area contributed by atoms with E-state index >= 15 is 0 Å². The minimum absolute atomic E-state index is 0.0756. The van der Waals surface area contributed by atoms with Gasteiger partial charge in [-0.3, -0.25) is 9.69 Å². The lowest BCUT2D eigenvalue weighted by atomic mass is 9.85. The molecule has 8 nitrogen and oxygen atoms in total. The molecule has 2 fully saturated rings. The van der Waals surface area contributed by atoms with Crippen molar-refractivity contribution < 1.29 is 14.3 Å². The second-order valence-electron chi connectivity index (χ2n) is 7.72. The number of amides is 3. The Labute approximate surface area is 176 Å². The molecular formula is C22H27N5O3. The molecule has 2 aliphatic rings. The summed E-state index contributed by atoms with van der Waals surface area (Å²) in [4.78, 5) is 40.3. The van der Waals surface area contributed by atoms with Crippen LogP contribution in [0.4, 0.5) is 10.6 Å². The van der Waals surface area contributed by atoms with E-state index in [1.165, 1.54) is 4.90 Å². The normalized spacial score (nSPS) is 18.5. The van der Waals surface area contributed by atoms with E-state index in [4.69, 9.17) is 4.74 Å². The van der Waals surface area contributed by atoms with E-state index < -0.39 is 5.54 Å². The van der Waals surface area contributed by atoms with Crippen molar-refractivity contribution >= 4 is 17.8 Å². The van der Waals surface area contributed by atoms with Crippen LogP contribution < -0.4 is 4.90 Å². The van der Waals surface area contributed by atoms with Crippen molar-refractivity contribution in [3.8, 4) is 0 Å². The molecule has 1 spiro atoms. The van der Waals surface area contributed by atoms with Crippen LogP contribution in [-0.2, 0) is 22.7 Å². The van der Waals surface area contributed by atoms with Gasteiger partial charge >= 0.3 is 6.03 Å². The minimum Gasteiger partial charge on any atom is -0.378 e. The molecule has 158 valence electrons. The lowest BCUT2D eigenvalue weighted by Gasteiger charge is -2.42.